The fourth-order valence-corrected chi connectivity index (χ4v) is 6.79. The fourth-order valence-electron chi connectivity index (χ4n) is 5.77. The minimum absolute atomic E-state index is 0.120. The van der Waals surface area contributed by atoms with E-state index in [9.17, 15) is 21.6 Å². The van der Waals surface area contributed by atoms with Gasteiger partial charge in [0.1, 0.15) is 11.1 Å². The minimum atomic E-state index is -4.90. The van der Waals surface area contributed by atoms with Gasteiger partial charge >= 0.3 is 6.18 Å². The molecule has 0 bridgehead atoms. The van der Waals surface area contributed by atoms with E-state index in [1.807, 2.05) is 24.3 Å². The van der Waals surface area contributed by atoms with Crippen molar-refractivity contribution >= 4 is 10.0 Å². The molecule has 5 rings (SSSR count). The summed E-state index contributed by atoms with van der Waals surface area (Å²) < 4.78 is 66.1. The molecule has 3 aliphatic rings. The van der Waals surface area contributed by atoms with Gasteiger partial charge in [-0.1, -0.05) is 30.3 Å². The maximum atomic E-state index is 13.8. The second kappa shape index (κ2) is 10.2. The molecule has 2 saturated heterocycles. The molecule has 1 saturated carbocycles. The number of benzene rings is 2. The quantitative estimate of drug-likeness (QED) is 0.328. The summed E-state index contributed by atoms with van der Waals surface area (Å²) in [7, 11) is -4.72. The van der Waals surface area contributed by atoms with Gasteiger partial charge in [0.2, 0.25) is 10.0 Å². The van der Waals surface area contributed by atoms with Gasteiger partial charge in [-0.15, -0.1) is 0 Å². The molecule has 13 heteroatoms. The number of halogens is 3. The lowest BCUT2D eigenvalue weighted by Gasteiger charge is -2.47. The molecule has 1 aliphatic carbocycles. The van der Waals surface area contributed by atoms with Gasteiger partial charge in [-0.05, 0) is 60.9 Å². The third-order valence-electron chi connectivity index (χ3n) is 7.84. The molecule has 0 unspecified atom stereocenters. The van der Waals surface area contributed by atoms with Gasteiger partial charge < -0.3 is 5.73 Å². The van der Waals surface area contributed by atoms with E-state index < -0.39 is 32.8 Å². The summed E-state index contributed by atoms with van der Waals surface area (Å²) in [6, 6.07) is 10.2. The van der Waals surface area contributed by atoms with Crippen LogP contribution in [0.4, 0.5) is 13.2 Å². The molecule has 2 aromatic rings. The van der Waals surface area contributed by atoms with Crippen molar-refractivity contribution in [3.63, 3.8) is 0 Å². The lowest BCUT2D eigenvalue weighted by atomic mass is 9.81. The van der Waals surface area contributed by atoms with E-state index in [-0.39, 0.29) is 5.56 Å². The maximum absolute atomic E-state index is 13.8. The summed E-state index contributed by atoms with van der Waals surface area (Å²) >= 11 is 0. The number of likely N-dealkylation sites (tertiary alicyclic amines) is 1. The monoisotopic (exact) mass is 539 g/mol. The summed E-state index contributed by atoms with van der Waals surface area (Å²) in [4.78, 5) is 1.56. The van der Waals surface area contributed by atoms with E-state index in [1.54, 1.807) is 0 Å². The highest BCUT2D eigenvalue weighted by atomic mass is 32.2. The van der Waals surface area contributed by atoms with Crippen LogP contribution in [0.3, 0.4) is 0 Å². The molecule has 2 heterocycles. The first-order valence-corrected chi connectivity index (χ1v) is 13.9. The van der Waals surface area contributed by atoms with Gasteiger partial charge in [0.15, 0.2) is 0 Å². The Balaban J connectivity index is 1.40. The summed E-state index contributed by atoms with van der Waals surface area (Å²) in [5.74, 6) is 1.03. The highest BCUT2D eigenvalue weighted by Gasteiger charge is 2.41. The molecule has 202 valence electrons. The van der Waals surface area contributed by atoms with Gasteiger partial charge in [0, 0.05) is 30.6 Å². The van der Waals surface area contributed by atoms with Crippen LogP contribution in [0.15, 0.2) is 41.3 Å². The minimum Gasteiger partial charge on any atom is -0.330 e. The lowest BCUT2D eigenvalue weighted by molar-refractivity contribution is -0.140. The van der Waals surface area contributed by atoms with Crippen molar-refractivity contribution in [2.45, 2.75) is 54.9 Å². The van der Waals surface area contributed by atoms with Crippen LogP contribution in [0, 0.1) is 5.92 Å². The van der Waals surface area contributed by atoms with Gasteiger partial charge in [0.25, 0.3) is 0 Å². The molecule has 9 nitrogen and oxygen atoms in total. The molecule has 3 fully saturated rings. The number of sulfonamides is 1. The van der Waals surface area contributed by atoms with E-state index in [2.05, 4.69) is 26.8 Å². The number of hydrogen-bond donors (Lipinski definition) is 6. The van der Waals surface area contributed by atoms with Crippen LogP contribution in [0.2, 0.25) is 0 Å². The topological polar surface area (TPSA) is 138 Å². The molecule has 8 N–H and O–H groups in total. The second-order valence-electron chi connectivity index (χ2n) is 10.1. The summed E-state index contributed by atoms with van der Waals surface area (Å²) in [6.07, 6.45) is -1.16. The first kappa shape index (κ1) is 26.5. The van der Waals surface area contributed by atoms with Crippen molar-refractivity contribution in [1.82, 2.24) is 26.8 Å². The largest absolute Gasteiger partial charge is 0.417 e. The second-order valence-corrected chi connectivity index (χ2v) is 11.6. The molecular formula is C24H32F3N7O2S. The predicted molar refractivity (Wildman–Crippen MR) is 133 cm³/mol. The number of nitrogens with one attached hydrogen (secondary N) is 4. The molecule has 0 radical (unpaired) electrons. The molecule has 2 aromatic carbocycles. The zero-order valence-electron chi connectivity index (χ0n) is 20.2. The Bertz CT molecular complexity index is 1220. The number of rotatable bonds is 6. The molecule has 0 spiro atoms. The molecule has 37 heavy (non-hydrogen) atoms. The highest BCUT2D eigenvalue weighted by Crippen LogP contribution is 2.42. The van der Waals surface area contributed by atoms with Crippen molar-refractivity contribution < 1.29 is 21.6 Å². The zero-order valence-corrected chi connectivity index (χ0v) is 21.0. The Morgan fingerprint density at radius 2 is 1.57 bits per heavy atom. The normalized spacial score (nSPS) is 24.4. The van der Waals surface area contributed by atoms with E-state index in [0.29, 0.717) is 29.0 Å². The van der Waals surface area contributed by atoms with Gasteiger partial charge in [-0.3, -0.25) is 4.90 Å². The van der Waals surface area contributed by atoms with Crippen LogP contribution in [-0.4, -0.2) is 39.0 Å². The number of hydrogen-bond acceptors (Lipinski definition) is 8. The molecule has 0 amide bonds. The number of nitrogens with zero attached hydrogens (tertiary/aromatic N) is 1. The van der Waals surface area contributed by atoms with E-state index in [1.165, 1.54) is 31.7 Å². The van der Waals surface area contributed by atoms with Crippen LogP contribution >= 0.6 is 0 Å². The standard InChI is InChI=1S/C24H32F3N7O2S/c25-24(26,27)20-10-9-19(21(22(20)37(29,35)36)23-30-32-33-31-23)16-5-3-15(4-6-16)17-12-34(13-17)18-7-1-14(11-28)2-8-18/h3-6,9-10,14,17-18,23,30-33H,1-2,7-8,11-13,28H2,(H2,29,35,36). The van der Waals surface area contributed by atoms with Crippen molar-refractivity contribution in [1.29, 1.82) is 0 Å². The fraction of sp³-hybridized carbons (Fsp3) is 0.500. The van der Waals surface area contributed by atoms with Crippen LogP contribution in [-0.2, 0) is 16.2 Å². The Hall–Kier alpha value is -2.10. The number of hydrazine groups is 3. The van der Waals surface area contributed by atoms with Crippen LogP contribution < -0.4 is 32.8 Å². The SMILES string of the molecule is NCC1CCC(N2CC(c3ccc(-c4ccc(C(F)(F)F)c(S(N)(=O)=O)c4C4NNNN4)cc3)C2)CC1. The van der Waals surface area contributed by atoms with Gasteiger partial charge in [0.05, 0.1) is 5.56 Å². The molecule has 2 aliphatic heterocycles. The molecule has 0 aromatic heterocycles. The Morgan fingerprint density at radius 1 is 0.946 bits per heavy atom. The third-order valence-corrected chi connectivity index (χ3v) is 8.85. The third kappa shape index (κ3) is 5.40. The Labute approximate surface area is 214 Å². The lowest BCUT2D eigenvalue weighted by Crippen LogP contribution is -2.51. The van der Waals surface area contributed by atoms with Gasteiger partial charge in [-0.2, -0.15) is 24.2 Å². The van der Waals surface area contributed by atoms with Crippen LogP contribution in [0.5, 0.6) is 0 Å². The number of primary sulfonamides is 1. The summed E-state index contributed by atoms with van der Waals surface area (Å²) in [6.45, 7) is 2.72. The first-order chi connectivity index (χ1) is 17.6. The average molecular weight is 540 g/mol. The van der Waals surface area contributed by atoms with Crippen LogP contribution in [0.25, 0.3) is 11.1 Å². The van der Waals surface area contributed by atoms with Crippen molar-refractivity contribution in [2.24, 2.45) is 16.8 Å². The van der Waals surface area contributed by atoms with Gasteiger partial charge in [-0.25, -0.2) is 24.4 Å². The number of nitrogens with two attached hydrogens (primary N) is 2. The van der Waals surface area contributed by atoms with E-state index >= 15 is 0 Å². The predicted octanol–water partition coefficient (Wildman–Crippen LogP) is 2.05. The Kier molecular flexibility index (Phi) is 7.33. The van der Waals surface area contributed by atoms with Crippen molar-refractivity contribution in [3.05, 3.63) is 53.1 Å². The zero-order chi connectivity index (χ0) is 26.4. The van der Waals surface area contributed by atoms with E-state index in [0.717, 1.165) is 31.3 Å². The summed E-state index contributed by atoms with van der Waals surface area (Å²) in [5.41, 5.74) is 16.9. The molecule has 0 atom stereocenters. The first-order valence-electron chi connectivity index (χ1n) is 12.4. The molecular weight excluding hydrogens is 507 g/mol. The number of alkyl halides is 3. The highest BCUT2D eigenvalue weighted by molar-refractivity contribution is 7.89. The average Bonchev–Trinajstić information content (AvgIpc) is 3.37. The Morgan fingerprint density at radius 3 is 2.11 bits per heavy atom. The smallest absolute Gasteiger partial charge is 0.330 e. The van der Waals surface area contributed by atoms with E-state index in [4.69, 9.17) is 10.9 Å². The van der Waals surface area contributed by atoms with Crippen molar-refractivity contribution in [3.8, 4) is 11.1 Å². The summed E-state index contributed by atoms with van der Waals surface area (Å²) in [5, 5.41) is 5.31. The van der Waals surface area contributed by atoms with Crippen molar-refractivity contribution in [2.75, 3.05) is 19.6 Å². The maximum Gasteiger partial charge on any atom is 0.417 e. The van der Waals surface area contributed by atoms with Crippen LogP contribution in [0.1, 0.15) is 54.5 Å².